The second kappa shape index (κ2) is 6.75. The lowest BCUT2D eigenvalue weighted by atomic mass is 9.85. The number of nitrogens with zero attached hydrogens (tertiary/aromatic N) is 1. The SMILES string of the molecule is CC(Oc1ccccc1)C(=O)N=C1C=CC2C(=C1)NC(=O)C1=C2CCC1. The molecule has 1 aromatic rings. The van der Waals surface area contributed by atoms with E-state index < -0.39 is 6.10 Å². The molecule has 1 aromatic carbocycles. The Kier molecular flexibility index (Phi) is 4.29. The molecular weight excluding hydrogens is 328 g/mol. The van der Waals surface area contributed by atoms with Crippen LogP contribution in [-0.4, -0.2) is 23.6 Å². The number of nitrogens with one attached hydrogen (secondary N) is 1. The van der Waals surface area contributed by atoms with Crippen molar-refractivity contribution < 1.29 is 14.3 Å². The lowest BCUT2D eigenvalue weighted by molar-refractivity contribution is -0.123. The Morgan fingerprint density at radius 2 is 2.08 bits per heavy atom. The number of rotatable bonds is 3. The third-order valence-corrected chi connectivity index (χ3v) is 4.91. The molecule has 0 radical (unpaired) electrons. The standard InChI is InChI=1S/C21H20N2O3/c1-13(26-15-6-3-2-4-7-15)20(24)22-14-10-11-17-16-8-5-9-18(16)21(25)23-19(17)12-14/h2-4,6-7,10-13,17H,5,8-9H2,1H3,(H,23,25). The second-order valence-electron chi connectivity index (χ2n) is 6.70. The molecule has 0 spiro atoms. The quantitative estimate of drug-likeness (QED) is 0.913. The van der Waals surface area contributed by atoms with Gasteiger partial charge in [-0.15, -0.1) is 0 Å². The molecule has 0 aromatic heterocycles. The third-order valence-electron chi connectivity index (χ3n) is 4.91. The number of benzene rings is 1. The maximum absolute atomic E-state index is 12.4. The van der Waals surface area contributed by atoms with Crippen LogP contribution in [0.2, 0.25) is 0 Å². The Morgan fingerprint density at radius 3 is 2.88 bits per heavy atom. The predicted molar refractivity (Wildman–Crippen MR) is 98.7 cm³/mol. The van der Waals surface area contributed by atoms with Gasteiger partial charge in [0.25, 0.3) is 11.8 Å². The first kappa shape index (κ1) is 16.5. The molecule has 4 rings (SSSR count). The maximum Gasteiger partial charge on any atom is 0.286 e. The van der Waals surface area contributed by atoms with E-state index in [1.54, 1.807) is 25.1 Å². The number of hydrogen-bond acceptors (Lipinski definition) is 3. The van der Waals surface area contributed by atoms with Crippen LogP contribution in [0.5, 0.6) is 5.75 Å². The van der Waals surface area contributed by atoms with Crippen LogP contribution in [-0.2, 0) is 9.59 Å². The highest BCUT2D eigenvalue weighted by Gasteiger charge is 2.34. The fourth-order valence-electron chi connectivity index (χ4n) is 3.63. The van der Waals surface area contributed by atoms with Crippen molar-refractivity contribution in [3.05, 3.63) is 65.4 Å². The summed E-state index contributed by atoms with van der Waals surface area (Å²) in [5, 5.41) is 2.95. The number of carbonyl (C=O) groups excluding carboxylic acids is 2. The van der Waals surface area contributed by atoms with Crippen molar-refractivity contribution in [3.63, 3.8) is 0 Å². The molecule has 1 heterocycles. The van der Waals surface area contributed by atoms with Gasteiger partial charge in [-0.3, -0.25) is 9.59 Å². The van der Waals surface area contributed by atoms with Gasteiger partial charge in [-0.2, -0.15) is 0 Å². The number of allylic oxidation sites excluding steroid dienone is 3. The monoisotopic (exact) mass is 348 g/mol. The number of fused-ring (bicyclic) bond motifs is 2. The van der Waals surface area contributed by atoms with E-state index in [2.05, 4.69) is 10.3 Å². The van der Waals surface area contributed by atoms with E-state index in [4.69, 9.17) is 4.74 Å². The van der Waals surface area contributed by atoms with Crippen molar-refractivity contribution in [2.75, 3.05) is 0 Å². The Bertz CT molecular complexity index is 878. The highest BCUT2D eigenvalue weighted by Crippen LogP contribution is 2.39. The van der Waals surface area contributed by atoms with Gasteiger partial charge in [-0.25, -0.2) is 4.99 Å². The number of ether oxygens (including phenoxy) is 1. The highest BCUT2D eigenvalue weighted by atomic mass is 16.5. The van der Waals surface area contributed by atoms with Crippen LogP contribution in [0.3, 0.4) is 0 Å². The largest absolute Gasteiger partial charge is 0.481 e. The number of amides is 2. The minimum absolute atomic E-state index is 0.0123. The van der Waals surface area contributed by atoms with Gasteiger partial charge in [0, 0.05) is 17.2 Å². The zero-order valence-corrected chi connectivity index (χ0v) is 14.6. The Labute approximate surface area is 152 Å². The first-order chi connectivity index (χ1) is 12.6. The highest BCUT2D eigenvalue weighted by molar-refractivity contribution is 6.12. The molecular formula is C21H20N2O3. The van der Waals surface area contributed by atoms with Crippen LogP contribution in [0.1, 0.15) is 26.2 Å². The van der Waals surface area contributed by atoms with E-state index in [0.717, 1.165) is 30.5 Å². The number of para-hydroxylation sites is 1. The van der Waals surface area contributed by atoms with E-state index >= 15 is 0 Å². The lowest BCUT2D eigenvalue weighted by Crippen LogP contribution is -2.35. The smallest absolute Gasteiger partial charge is 0.286 e. The summed E-state index contributed by atoms with van der Waals surface area (Å²) in [5.74, 6) is 0.372. The molecule has 1 aliphatic heterocycles. The van der Waals surface area contributed by atoms with Crippen LogP contribution in [0.15, 0.2) is 70.4 Å². The molecule has 26 heavy (non-hydrogen) atoms. The lowest BCUT2D eigenvalue weighted by Gasteiger charge is -2.28. The van der Waals surface area contributed by atoms with Gasteiger partial charge in [-0.1, -0.05) is 24.3 Å². The average molecular weight is 348 g/mol. The first-order valence-corrected chi connectivity index (χ1v) is 8.89. The van der Waals surface area contributed by atoms with Crippen molar-refractivity contribution >= 4 is 17.5 Å². The van der Waals surface area contributed by atoms with Gasteiger partial charge in [0.05, 0.1) is 5.71 Å². The zero-order chi connectivity index (χ0) is 18.1. The van der Waals surface area contributed by atoms with Gasteiger partial charge < -0.3 is 10.1 Å². The van der Waals surface area contributed by atoms with Crippen molar-refractivity contribution in [3.8, 4) is 5.75 Å². The van der Waals surface area contributed by atoms with Crippen LogP contribution in [0, 0.1) is 5.92 Å². The van der Waals surface area contributed by atoms with Gasteiger partial charge in [0.15, 0.2) is 6.10 Å². The van der Waals surface area contributed by atoms with Crippen LogP contribution in [0.4, 0.5) is 0 Å². The van der Waals surface area contributed by atoms with Gasteiger partial charge in [0.1, 0.15) is 5.75 Å². The molecule has 2 amide bonds. The Morgan fingerprint density at radius 1 is 1.27 bits per heavy atom. The summed E-state index contributed by atoms with van der Waals surface area (Å²) >= 11 is 0. The van der Waals surface area contributed by atoms with E-state index in [9.17, 15) is 9.59 Å². The molecule has 0 saturated heterocycles. The number of hydrogen-bond donors (Lipinski definition) is 1. The second-order valence-corrected chi connectivity index (χ2v) is 6.70. The van der Waals surface area contributed by atoms with Crippen molar-refractivity contribution in [1.29, 1.82) is 0 Å². The molecule has 0 saturated carbocycles. The average Bonchev–Trinajstić information content (AvgIpc) is 3.13. The molecule has 5 nitrogen and oxygen atoms in total. The summed E-state index contributed by atoms with van der Waals surface area (Å²) in [6, 6.07) is 9.19. The molecule has 0 fully saturated rings. The van der Waals surface area contributed by atoms with E-state index in [0.29, 0.717) is 11.5 Å². The predicted octanol–water partition coefficient (Wildman–Crippen LogP) is 3.10. The molecule has 0 bridgehead atoms. The van der Waals surface area contributed by atoms with Crippen LogP contribution in [0.25, 0.3) is 0 Å². The summed E-state index contributed by atoms with van der Waals surface area (Å²) in [7, 11) is 0. The van der Waals surface area contributed by atoms with Crippen molar-refractivity contribution in [2.24, 2.45) is 10.9 Å². The topological polar surface area (TPSA) is 67.8 Å². The Balaban J connectivity index is 1.50. The zero-order valence-electron chi connectivity index (χ0n) is 14.6. The minimum atomic E-state index is -0.681. The molecule has 2 aliphatic carbocycles. The molecule has 5 heteroatoms. The summed E-state index contributed by atoms with van der Waals surface area (Å²) in [5.41, 5.74) is 3.48. The number of carbonyl (C=O) groups is 2. The van der Waals surface area contributed by atoms with Crippen LogP contribution >= 0.6 is 0 Å². The minimum Gasteiger partial charge on any atom is -0.481 e. The van der Waals surface area contributed by atoms with Gasteiger partial charge in [-0.05, 0) is 56.0 Å². The first-order valence-electron chi connectivity index (χ1n) is 8.89. The molecule has 3 aliphatic rings. The van der Waals surface area contributed by atoms with Gasteiger partial charge >= 0.3 is 0 Å². The fourth-order valence-corrected chi connectivity index (χ4v) is 3.63. The summed E-state index contributed by atoms with van der Waals surface area (Å²) in [6.45, 7) is 1.68. The van der Waals surface area contributed by atoms with E-state index in [-0.39, 0.29) is 17.7 Å². The van der Waals surface area contributed by atoms with Gasteiger partial charge in [0.2, 0.25) is 0 Å². The number of aliphatic imine (C=N–C) groups is 1. The van der Waals surface area contributed by atoms with E-state index in [1.165, 1.54) is 5.57 Å². The Hall–Kier alpha value is -2.95. The molecule has 2 atom stereocenters. The van der Waals surface area contributed by atoms with Crippen molar-refractivity contribution in [2.45, 2.75) is 32.3 Å². The summed E-state index contributed by atoms with van der Waals surface area (Å²) in [4.78, 5) is 28.7. The molecule has 2 unspecified atom stereocenters. The van der Waals surface area contributed by atoms with Crippen molar-refractivity contribution in [1.82, 2.24) is 5.32 Å². The van der Waals surface area contributed by atoms with Crippen LogP contribution < -0.4 is 10.1 Å². The summed E-state index contributed by atoms with van der Waals surface area (Å²) < 4.78 is 5.62. The normalized spacial score (nSPS) is 23.9. The molecule has 132 valence electrons. The maximum atomic E-state index is 12.4. The van der Waals surface area contributed by atoms with E-state index in [1.807, 2.05) is 30.4 Å². The summed E-state index contributed by atoms with van der Waals surface area (Å²) in [6.07, 6.45) is 7.82. The molecule has 1 N–H and O–H groups in total. The third kappa shape index (κ3) is 3.12. The fraction of sp³-hybridized carbons (Fsp3) is 0.286.